The second-order valence-electron chi connectivity index (χ2n) is 9.17. The third-order valence-corrected chi connectivity index (χ3v) is 7.85. The molecule has 2 aliphatic rings. The zero-order valence-electron chi connectivity index (χ0n) is 18.5. The standard InChI is InChI=1S/C22H33ClN4O2S/c1-16-9-8-12-27(16)19-13-17(21(28)26-10-6-5-7-11-26)18(20(23)25-19)14-24-15-30(29)22(2,3)4/h13-14,16H,5-12,15H2,1-4H3/b24-14+/t16-,30?/m1/s1. The number of hydrogen-bond donors (Lipinski definition) is 0. The van der Waals surface area contributed by atoms with Gasteiger partial charge in [0, 0.05) is 53.0 Å². The first-order valence-corrected chi connectivity index (χ1v) is 12.5. The van der Waals surface area contributed by atoms with Gasteiger partial charge in [-0.2, -0.15) is 0 Å². The smallest absolute Gasteiger partial charge is 0.254 e. The summed E-state index contributed by atoms with van der Waals surface area (Å²) in [7, 11) is -1.12. The average molecular weight is 453 g/mol. The van der Waals surface area contributed by atoms with Gasteiger partial charge in [0.15, 0.2) is 0 Å². The lowest BCUT2D eigenvalue weighted by Crippen LogP contribution is -2.36. The molecule has 0 aliphatic carbocycles. The number of rotatable bonds is 5. The number of aliphatic imine (C=N–C) groups is 1. The van der Waals surface area contributed by atoms with Gasteiger partial charge in [-0.25, -0.2) is 4.98 Å². The van der Waals surface area contributed by atoms with Crippen LogP contribution < -0.4 is 4.90 Å². The Morgan fingerprint density at radius 2 is 1.97 bits per heavy atom. The Labute approximate surface area is 187 Å². The van der Waals surface area contributed by atoms with Crippen LogP contribution in [-0.2, 0) is 10.8 Å². The summed E-state index contributed by atoms with van der Waals surface area (Å²) >= 11 is 6.57. The van der Waals surface area contributed by atoms with E-state index in [1.807, 2.05) is 31.7 Å². The van der Waals surface area contributed by atoms with Gasteiger partial charge in [0.05, 0.1) is 5.56 Å². The maximum atomic E-state index is 13.4. The van der Waals surface area contributed by atoms with Crippen LogP contribution in [0.1, 0.15) is 75.7 Å². The number of piperidine rings is 1. The van der Waals surface area contributed by atoms with E-state index in [1.165, 1.54) is 0 Å². The van der Waals surface area contributed by atoms with Gasteiger partial charge in [-0.3, -0.25) is 14.0 Å². The summed E-state index contributed by atoms with van der Waals surface area (Å²) in [5, 5.41) is 0.275. The van der Waals surface area contributed by atoms with Gasteiger partial charge in [-0.1, -0.05) is 11.6 Å². The lowest BCUT2D eigenvalue weighted by molar-refractivity contribution is 0.0724. The van der Waals surface area contributed by atoms with E-state index in [0.717, 1.165) is 57.6 Å². The summed E-state index contributed by atoms with van der Waals surface area (Å²) in [4.78, 5) is 26.5. The van der Waals surface area contributed by atoms with Gasteiger partial charge in [0.1, 0.15) is 16.8 Å². The Hall–Kier alpha value is -1.47. The van der Waals surface area contributed by atoms with E-state index in [-0.39, 0.29) is 21.7 Å². The molecule has 0 aromatic carbocycles. The molecule has 30 heavy (non-hydrogen) atoms. The van der Waals surface area contributed by atoms with Gasteiger partial charge in [0.2, 0.25) is 0 Å². The molecule has 1 aromatic rings. The molecule has 1 aromatic heterocycles. The number of anilines is 1. The molecule has 0 N–H and O–H groups in total. The largest absolute Gasteiger partial charge is 0.354 e. The molecule has 2 fully saturated rings. The molecule has 0 bridgehead atoms. The van der Waals surface area contributed by atoms with Gasteiger partial charge in [0.25, 0.3) is 5.91 Å². The highest BCUT2D eigenvalue weighted by atomic mass is 35.5. The number of likely N-dealkylation sites (tertiary alicyclic amines) is 1. The number of pyridine rings is 1. The van der Waals surface area contributed by atoms with Crippen LogP contribution in [0.4, 0.5) is 5.82 Å². The summed E-state index contributed by atoms with van der Waals surface area (Å²) in [6.45, 7) is 10.4. The molecular weight excluding hydrogens is 420 g/mol. The van der Waals surface area contributed by atoms with Crippen molar-refractivity contribution in [1.82, 2.24) is 9.88 Å². The molecule has 0 radical (unpaired) electrons. The highest BCUT2D eigenvalue weighted by Gasteiger charge is 2.27. The molecule has 6 nitrogen and oxygen atoms in total. The second-order valence-corrected chi connectivity index (χ2v) is 11.7. The van der Waals surface area contributed by atoms with E-state index in [9.17, 15) is 9.00 Å². The fraction of sp³-hybridized carbons (Fsp3) is 0.682. The number of aromatic nitrogens is 1. The number of nitrogens with zero attached hydrogens (tertiary/aromatic N) is 4. The zero-order chi connectivity index (χ0) is 21.9. The van der Waals surface area contributed by atoms with Crippen LogP contribution in [0.3, 0.4) is 0 Å². The van der Waals surface area contributed by atoms with Crippen molar-refractivity contribution in [3.05, 3.63) is 22.3 Å². The maximum Gasteiger partial charge on any atom is 0.254 e. The Morgan fingerprint density at radius 3 is 2.57 bits per heavy atom. The fourth-order valence-corrected chi connectivity index (χ4v) is 4.72. The van der Waals surface area contributed by atoms with E-state index in [0.29, 0.717) is 17.2 Å². The first kappa shape index (κ1) is 23.2. The number of carbonyl (C=O) groups is 1. The fourth-order valence-electron chi connectivity index (χ4n) is 3.89. The molecule has 2 atom stereocenters. The Balaban J connectivity index is 1.95. The lowest BCUT2D eigenvalue weighted by Gasteiger charge is -2.28. The molecule has 0 saturated carbocycles. The SMILES string of the molecule is C[C@@H]1CCCN1c1cc(C(=O)N2CCCCC2)c(/C=N/CS(=O)C(C)(C)C)c(Cl)n1. The molecule has 3 rings (SSSR count). The maximum absolute atomic E-state index is 13.4. The van der Waals surface area contributed by atoms with E-state index < -0.39 is 10.8 Å². The predicted octanol–water partition coefficient (Wildman–Crippen LogP) is 4.27. The van der Waals surface area contributed by atoms with Crippen LogP contribution in [-0.4, -0.2) is 62.5 Å². The van der Waals surface area contributed by atoms with Gasteiger partial charge in [-0.15, -0.1) is 0 Å². The molecular formula is C22H33ClN4O2S. The molecule has 166 valence electrons. The predicted molar refractivity (Wildman–Crippen MR) is 125 cm³/mol. The van der Waals surface area contributed by atoms with E-state index in [2.05, 4.69) is 21.8 Å². The first-order chi connectivity index (χ1) is 14.2. The van der Waals surface area contributed by atoms with Crippen molar-refractivity contribution in [3.63, 3.8) is 0 Å². The van der Waals surface area contributed by atoms with Crippen molar-refractivity contribution in [2.24, 2.45) is 4.99 Å². The molecule has 2 aliphatic heterocycles. The third-order valence-electron chi connectivity index (χ3n) is 5.81. The summed E-state index contributed by atoms with van der Waals surface area (Å²) in [5.74, 6) is 0.897. The second kappa shape index (κ2) is 9.77. The monoisotopic (exact) mass is 452 g/mol. The van der Waals surface area contributed by atoms with Crippen LogP contribution in [0.25, 0.3) is 0 Å². The zero-order valence-corrected chi connectivity index (χ0v) is 20.1. The number of halogens is 1. The van der Waals surface area contributed by atoms with E-state index in [1.54, 1.807) is 6.21 Å². The minimum Gasteiger partial charge on any atom is -0.354 e. The molecule has 2 saturated heterocycles. The first-order valence-electron chi connectivity index (χ1n) is 10.8. The van der Waals surface area contributed by atoms with Crippen molar-refractivity contribution in [3.8, 4) is 0 Å². The van der Waals surface area contributed by atoms with Crippen LogP contribution in [0.2, 0.25) is 5.15 Å². The highest BCUT2D eigenvalue weighted by Crippen LogP contribution is 2.29. The van der Waals surface area contributed by atoms with Gasteiger partial charge in [-0.05, 0) is 65.9 Å². The molecule has 0 spiro atoms. The number of hydrogen-bond acceptors (Lipinski definition) is 5. The van der Waals surface area contributed by atoms with Crippen LogP contribution in [0.15, 0.2) is 11.1 Å². The van der Waals surface area contributed by atoms with Crippen LogP contribution >= 0.6 is 11.6 Å². The highest BCUT2D eigenvalue weighted by molar-refractivity contribution is 7.86. The van der Waals surface area contributed by atoms with Crippen molar-refractivity contribution < 1.29 is 9.00 Å². The van der Waals surface area contributed by atoms with Crippen molar-refractivity contribution >= 4 is 40.3 Å². The topological polar surface area (TPSA) is 65.9 Å². The lowest BCUT2D eigenvalue weighted by atomic mass is 10.1. The van der Waals surface area contributed by atoms with E-state index in [4.69, 9.17) is 11.6 Å². The molecule has 1 amide bonds. The average Bonchev–Trinajstić information content (AvgIpc) is 3.14. The summed E-state index contributed by atoms with van der Waals surface area (Å²) in [5.41, 5.74) is 1.06. The molecule has 8 heteroatoms. The number of carbonyl (C=O) groups excluding carboxylic acids is 1. The van der Waals surface area contributed by atoms with Crippen molar-refractivity contribution in [2.75, 3.05) is 30.4 Å². The Morgan fingerprint density at radius 1 is 1.27 bits per heavy atom. The number of amides is 1. The van der Waals surface area contributed by atoms with Crippen LogP contribution in [0, 0.1) is 0 Å². The quantitative estimate of drug-likeness (QED) is 0.494. The van der Waals surface area contributed by atoms with Crippen LogP contribution in [0.5, 0.6) is 0 Å². The van der Waals surface area contributed by atoms with Crippen molar-refractivity contribution in [2.45, 2.75) is 70.6 Å². The van der Waals surface area contributed by atoms with Gasteiger partial charge >= 0.3 is 0 Å². The third kappa shape index (κ3) is 5.41. The molecule has 3 heterocycles. The Bertz CT molecular complexity index is 831. The normalized spacial score (nSPS) is 21.4. The minimum atomic E-state index is -1.12. The summed E-state index contributed by atoms with van der Waals surface area (Å²) in [6.07, 6.45) is 7.00. The Kier molecular flexibility index (Phi) is 7.56. The van der Waals surface area contributed by atoms with E-state index >= 15 is 0 Å². The summed E-state index contributed by atoms with van der Waals surface area (Å²) in [6, 6.07) is 2.24. The minimum absolute atomic E-state index is 0.0227. The van der Waals surface area contributed by atoms with Crippen molar-refractivity contribution in [1.29, 1.82) is 0 Å². The summed E-state index contributed by atoms with van der Waals surface area (Å²) < 4.78 is 12.0. The molecule has 1 unspecified atom stereocenters. The van der Waals surface area contributed by atoms with Gasteiger partial charge < -0.3 is 9.80 Å².